The minimum atomic E-state index is -1.39. The lowest BCUT2D eigenvalue weighted by Gasteiger charge is -2.28. The summed E-state index contributed by atoms with van der Waals surface area (Å²) in [4.78, 5) is 50.7. The number of ether oxygens (including phenoxy) is 3. The molecule has 0 radical (unpaired) electrons. The van der Waals surface area contributed by atoms with Gasteiger partial charge in [-0.15, -0.1) is 0 Å². The van der Waals surface area contributed by atoms with Crippen molar-refractivity contribution in [1.29, 1.82) is 0 Å². The molecule has 0 saturated heterocycles. The van der Waals surface area contributed by atoms with Crippen LogP contribution in [0, 0.1) is 5.92 Å². The first-order chi connectivity index (χ1) is 15.7. The van der Waals surface area contributed by atoms with Gasteiger partial charge in [-0.1, -0.05) is 30.3 Å². The van der Waals surface area contributed by atoms with Crippen molar-refractivity contribution in [2.75, 3.05) is 19.8 Å². The van der Waals surface area contributed by atoms with E-state index in [1.165, 1.54) is 0 Å². The highest BCUT2D eigenvalue weighted by atomic mass is 16.5. The molecule has 178 valence electrons. The first-order valence-corrected chi connectivity index (χ1v) is 10.7. The highest BCUT2D eigenvalue weighted by Crippen LogP contribution is 2.32. The maximum Gasteiger partial charge on any atom is 0.337 e. The summed E-state index contributed by atoms with van der Waals surface area (Å²) in [6.45, 7) is 7.82. The number of hydrogen-bond acceptors (Lipinski definition) is 8. The van der Waals surface area contributed by atoms with Gasteiger partial charge in [0.15, 0.2) is 6.61 Å². The Bertz CT molecular complexity index is 926. The molecule has 2 N–H and O–H groups in total. The second-order valence-electron chi connectivity index (χ2n) is 7.38. The molecule has 0 fully saturated rings. The van der Waals surface area contributed by atoms with Gasteiger partial charge in [0.1, 0.15) is 5.92 Å². The molecule has 1 aliphatic heterocycles. The Labute approximate surface area is 193 Å². The first-order valence-electron chi connectivity index (χ1n) is 10.7. The molecular formula is C24H30N2O7. The van der Waals surface area contributed by atoms with Crippen LogP contribution in [0.25, 0.3) is 0 Å². The van der Waals surface area contributed by atoms with E-state index in [-0.39, 0.29) is 30.4 Å². The van der Waals surface area contributed by atoms with Gasteiger partial charge in [-0.3, -0.25) is 9.59 Å². The van der Waals surface area contributed by atoms with E-state index < -0.39 is 36.3 Å². The second kappa shape index (κ2) is 11.8. The fourth-order valence-corrected chi connectivity index (χ4v) is 3.52. The van der Waals surface area contributed by atoms with Crippen molar-refractivity contribution in [3.05, 3.63) is 58.4 Å². The number of amides is 1. The Morgan fingerprint density at radius 1 is 0.909 bits per heavy atom. The highest BCUT2D eigenvalue weighted by Gasteiger charge is 2.42. The van der Waals surface area contributed by atoms with Gasteiger partial charge in [0.25, 0.3) is 5.91 Å². The standard InChI is InChI=1S/C24H30N2O7/c1-6-31-22(28)19-15(4)25-16(5)20(23(29)32-7-2)21(19)24(30)33-13-18(27)26-14(3)17-11-9-8-10-12-17/h8-12,14,21,25H,6-7,13H2,1-5H3,(H,26,27)/t14-/m1/s1. The molecule has 2 rings (SSSR count). The van der Waals surface area contributed by atoms with E-state index in [1.807, 2.05) is 30.3 Å². The van der Waals surface area contributed by atoms with E-state index in [0.717, 1.165) is 5.56 Å². The van der Waals surface area contributed by atoms with E-state index in [4.69, 9.17) is 14.2 Å². The fraction of sp³-hybridized carbons (Fsp3) is 0.417. The van der Waals surface area contributed by atoms with Gasteiger partial charge in [-0.25, -0.2) is 9.59 Å². The third kappa shape index (κ3) is 6.44. The van der Waals surface area contributed by atoms with Crippen LogP contribution in [0.15, 0.2) is 52.9 Å². The quantitative estimate of drug-likeness (QED) is 0.427. The third-order valence-electron chi connectivity index (χ3n) is 5.01. The summed E-state index contributed by atoms with van der Waals surface area (Å²) in [5.41, 5.74) is 1.47. The molecule has 1 aromatic carbocycles. The molecule has 0 saturated carbocycles. The molecule has 0 spiro atoms. The monoisotopic (exact) mass is 458 g/mol. The SMILES string of the molecule is CCOC(=O)C1=C(C)NC(C)=C(C(=O)OCC)C1C(=O)OCC(=O)N[C@H](C)c1ccccc1. The minimum absolute atomic E-state index is 0.0615. The number of nitrogens with one attached hydrogen (secondary N) is 2. The molecular weight excluding hydrogens is 428 g/mol. The minimum Gasteiger partial charge on any atom is -0.463 e. The average Bonchev–Trinajstić information content (AvgIpc) is 2.77. The molecule has 0 bridgehead atoms. The van der Waals surface area contributed by atoms with Gasteiger partial charge in [-0.2, -0.15) is 0 Å². The molecule has 1 aliphatic rings. The van der Waals surface area contributed by atoms with Crippen molar-refractivity contribution < 1.29 is 33.4 Å². The lowest BCUT2D eigenvalue weighted by atomic mass is 9.85. The van der Waals surface area contributed by atoms with Crippen molar-refractivity contribution in [2.45, 2.75) is 40.7 Å². The van der Waals surface area contributed by atoms with Crippen molar-refractivity contribution in [1.82, 2.24) is 10.6 Å². The summed E-state index contributed by atoms with van der Waals surface area (Å²) < 4.78 is 15.4. The molecule has 1 amide bonds. The zero-order chi connectivity index (χ0) is 24.5. The van der Waals surface area contributed by atoms with Crippen molar-refractivity contribution in [3.63, 3.8) is 0 Å². The van der Waals surface area contributed by atoms with Crippen molar-refractivity contribution in [2.24, 2.45) is 5.92 Å². The second-order valence-corrected chi connectivity index (χ2v) is 7.38. The lowest BCUT2D eigenvalue weighted by Crippen LogP contribution is -2.39. The van der Waals surface area contributed by atoms with Crippen LogP contribution >= 0.6 is 0 Å². The molecule has 33 heavy (non-hydrogen) atoms. The average molecular weight is 459 g/mol. The van der Waals surface area contributed by atoms with Crippen LogP contribution in [0.2, 0.25) is 0 Å². The Morgan fingerprint density at radius 3 is 1.91 bits per heavy atom. The fourth-order valence-electron chi connectivity index (χ4n) is 3.52. The Balaban J connectivity index is 2.22. The zero-order valence-corrected chi connectivity index (χ0v) is 19.5. The summed E-state index contributed by atoms with van der Waals surface area (Å²) in [6, 6.07) is 9.00. The third-order valence-corrected chi connectivity index (χ3v) is 5.01. The number of dihydropyridines is 1. The van der Waals surface area contributed by atoms with E-state index in [0.29, 0.717) is 11.4 Å². The van der Waals surface area contributed by atoms with Gasteiger partial charge >= 0.3 is 17.9 Å². The van der Waals surface area contributed by atoms with Crippen molar-refractivity contribution >= 4 is 23.8 Å². The molecule has 0 unspecified atom stereocenters. The largest absolute Gasteiger partial charge is 0.463 e. The summed E-state index contributed by atoms with van der Waals surface area (Å²) in [5, 5.41) is 5.67. The topological polar surface area (TPSA) is 120 Å². The van der Waals surface area contributed by atoms with E-state index in [1.54, 1.807) is 34.6 Å². The van der Waals surface area contributed by atoms with Crippen LogP contribution < -0.4 is 10.6 Å². The highest BCUT2D eigenvalue weighted by molar-refractivity contribution is 6.05. The Kier molecular flexibility index (Phi) is 9.20. The number of esters is 3. The predicted octanol–water partition coefficient (Wildman–Crippen LogP) is 2.30. The molecule has 1 aromatic rings. The smallest absolute Gasteiger partial charge is 0.337 e. The summed E-state index contributed by atoms with van der Waals surface area (Å²) in [6.07, 6.45) is 0. The maximum atomic E-state index is 13.1. The van der Waals surface area contributed by atoms with Crippen LogP contribution in [-0.2, 0) is 33.4 Å². The summed E-state index contributed by atoms with van der Waals surface area (Å²) >= 11 is 0. The van der Waals surface area contributed by atoms with Crippen LogP contribution in [0.1, 0.15) is 46.2 Å². The number of benzene rings is 1. The summed E-state index contributed by atoms with van der Waals surface area (Å²) in [5.74, 6) is -4.36. The summed E-state index contributed by atoms with van der Waals surface area (Å²) in [7, 11) is 0. The van der Waals surface area contributed by atoms with Gasteiger partial charge in [0.05, 0.1) is 30.4 Å². The first kappa shape index (κ1) is 25.6. The predicted molar refractivity (Wildman–Crippen MR) is 119 cm³/mol. The molecule has 1 atom stereocenters. The van der Waals surface area contributed by atoms with Crippen LogP contribution in [0.4, 0.5) is 0 Å². The van der Waals surface area contributed by atoms with Crippen LogP contribution in [-0.4, -0.2) is 43.6 Å². The Morgan fingerprint density at radius 2 is 1.42 bits per heavy atom. The molecule has 9 heteroatoms. The lowest BCUT2D eigenvalue weighted by molar-refractivity contribution is -0.154. The van der Waals surface area contributed by atoms with Gasteiger partial charge in [0.2, 0.25) is 0 Å². The van der Waals surface area contributed by atoms with E-state index >= 15 is 0 Å². The van der Waals surface area contributed by atoms with E-state index in [9.17, 15) is 19.2 Å². The number of carbonyl (C=O) groups excluding carboxylic acids is 4. The maximum absolute atomic E-state index is 13.1. The normalized spacial score (nSPS) is 14.8. The van der Waals surface area contributed by atoms with Crippen molar-refractivity contribution in [3.8, 4) is 0 Å². The van der Waals surface area contributed by atoms with Gasteiger partial charge in [0, 0.05) is 11.4 Å². The molecule has 0 aromatic heterocycles. The number of rotatable bonds is 9. The zero-order valence-electron chi connectivity index (χ0n) is 19.5. The molecule has 0 aliphatic carbocycles. The Hall–Kier alpha value is -3.62. The molecule has 1 heterocycles. The van der Waals surface area contributed by atoms with Gasteiger partial charge < -0.3 is 24.8 Å². The number of allylic oxidation sites excluding steroid dienone is 2. The van der Waals surface area contributed by atoms with Crippen LogP contribution in [0.3, 0.4) is 0 Å². The molecule has 9 nitrogen and oxygen atoms in total. The van der Waals surface area contributed by atoms with Gasteiger partial charge in [-0.05, 0) is 40.2 Å². The van der Waals surface area contributed by atoms with Crippen LogP contribution in [0.5, 0.6) is 0 Å². The van der Waals surface area contributed by atoms with E-state index in [2.05, 4.69) is 10.6 Å². The number of carbonyl (C=O) groups is 4. The number of hydrogen-bond donors (Lipinski definition) is 2.